The molecule has 2 heterocycles. The van der Waals surface area contributed by atoms with E-state index in [4.69, 9.17) is 10.5 Å². The Morgan fingerprint density at radius 2 is 1.85 bits per heavy atom. The summed E-state index contributed by atoms with van der Waals surface area (Å²) in [6, 6.07) is 3.86. The monoisotopic (exact) mass is 317 g/mol. The van der Waals surface area contributed by atoms with Crippen LogP contribution in [-0.4, -0.2) is 40.2 Å². The fourth-order valence-corrected chi connectivity index (χ4v) is 4.01. The Kier molecular flexibility index (Phi) is 4.22. The van der Waals surface area contributed by atoms with Gasteiger partial charge in [-0.15, -0.1) is 24.8 Å². The third kappa shape index (κ3) is 2.39. The van der Waals surface area contributed by atoms with Crippen LogP contribution in [0.25, 0.3) is 0 Å². The minimum absolute atomic E-state index is 0. The van der Waals surface area contributed by atoms with Crippen molar-refractivity contribution in [1.29, 1.82) is 0 Å². The topological polar surface area (TPSA) is 51.4 Å². The highest BCUT2D eigenvalue weighted by atomic mass is 35.5. The Morgan fingerprint density at radius 1 is 1.20 bits per heavy atom. The number of hydrogen-bond acceptors (Lipinski definition) is 4. The lowest BCUT2D eigenvalue weighted by Crippen LogP contribution is -2.81. The Hall–Kier alpha value is -0.550. The summed E-state index contributed by atoms with van der Waals surface area (Å²) in [5, 5.41) is 0. The van der Waals surface area contributed by atoms with E-state index in [0.717, 1.165) is 25.3 Å². The van der Waals surface area contributed by atoms with Gasteiger partial charge in [-0.25, -0.2) is 0 Å². The normalized spacial score (nSPS) is 38.0. The summed E-state index contributed by atoms with van der Waals surface area (Å²) in [6.07, 6.45) is 8.60. The molecule has 1 aliphatic heterocycles. The minimum atomic E-state index is 0. The van der Waals surface area contributed by atoms with Crippen molar-refractivity contribution in [1.82, 2.24) is 9.88 Å². The van der Waals surface area contributed by atoms with Crippen LogP contribution in [0.5, 0.6) is 5.75 Å². The molecular weight excluding hydrogens is 297 g/mol. The Bertz CT molecular complexity index is 451. The first-order chi connectivity index (χ1) is 8.68. The van der Waals surface area contributed by atoms with Crippen LogP contribution >= 0.6 is 24.8 Å². The molecule has 1 saturated heterocycles. The first-order valence-electron chi connectivity index (χ1n) is 6.78. The van der Waals surface area contributed by atoms with E-state index in [1.54, 1.807) is 12.4 Å². The number of aromatic nitrogens is 1. The summed E-state index contributed by atoms with van der Waals surface area (Å²) in [5.41, 5.74) is 6.78. The molecule has 1 atom stereocenters. The average Bonchev–Trinajstić information content (AvgIpc) is 2.73. The molecule has 0 spiro atoms. The molecule has 0 amide bonds. The second-order valence-corrected chi connectivity index (χ2v) is 6.27. The van der Waals surface area contributed by atoms with Crippen LogP contribution in [0.4, 0.5) is 0 Å². The highest BCUT2D eigenvalue weighted by molar-refractivity contribution is 5.85. The summed E-state index contributed by atoms with van der Waals surface area (Å²) in [7, 11) is 0. The molecule has 1 aromatic rings. The molecule has 4 nitrogen and oxygen atoms in total. The molecule has 2 bridgehead atoms. The standard InChI is InChI=1S/C14H19N3O.2ClH/c15-13-8-14(9-13,10-13)17-6-3-12(7-17)18-11-1-4-16-5-2-11;;/h1-2,4-5,12H,3,6-10,15H2;2*1H. The third-order valence-electron chi connectivity index (χ3n) is 4.81. The van der Waals surface area contributed by atoms with Crippen LogP contribution < -0.4 is 10.5 Å². The molecule has 0 aromatic carbocycles. The second kappa shape index (κ2) is 5.34. The van der Waals surface area contributed by atoms with Crippen molar-refractivity contribution in [2.75, 3.05) is 13.1 Å². The van der Waals surface area contributed by atoms with Crippen LogP contribution in [-0.2, 0) is 0 Å². The van der Waals surface area contributed by atoms with Gasteiger partial charge in [0, 0.05) is 36.6 Å². The van der Waals surface area contributed by atoms with E-state index in [2.05, 4.69) is 9.88 Å². The lowest BCUT2D eigenvalue weighted by molar-refractivity contribution is -0.155. The van der Waals surface area contributed by atoms with Gasteiger partial charge >= 0.3 is 0 Å². The fraction of sp³-hybridized carbons (Fsp3) is 0.643. The van der Waals surface area contributed by atoms with Crippen molar-refractivity contribution in [2.45, 2.75) is 42.9 Å². The predicted molar refractivity (Wildman–Crippen MR) is 82.8 cm³/mol. The average molecular weight is 318 g/mol. The van der Waals surface area contributed by atoms with E-state index in [9.17, 15) is 0 Å². The maximum atomic E-state index is 6.13. The van der Waals surface area contributed by atoms with E-state index in [-0.39, 0.29) is 30.4 Å². The minimum Gasteiger partial charge on any atom is -0.489 e. The van der Waals surface area contributed by atoms with Crippen molar-refractivity contribution in [2.24, 2.45) is 5.73 Å². The van der Waals surface area contributed by atoms with Gasteiger partial charge in [-0.2, -0.15) is 0 Å². The number of halogens is 2. The van der Waals surface area contributed by atoms with Crippen LogP contribution in [0, 0.1) is 0 Å². The van der Waals surface area contributed by atoms with Gasteiger partial charge in [0.05, 0.1) is 0 Å². The molecule has 1 unspecified atom stereocenters. The third-order valence-corrected chi connectivity index (χ3v) is 4.81. The molecule has 0 radical (unpaired) electrons. The maximum Gasteiger partial charge on any atom is 0.122 e. The van der Waals surface area contributed by atoms with Crippen molar-refractivity contribution in [3.63, 3.8) is 0 Å². The zero-order valence-corrected chi connectivity index (χ0v) is 13.0. The van der Waals surface area contributed by atoms with Gasteiger partial charge in [-0.1, -0.05) is 0 Å². The van der Waals surface area contributed by atoms with Crippen molar-refractivity contribution >= 4 is 24.8 Å². The van der Waals surface area contributed by atoms with Gasteiger partial charge in [0.1, 0.15) is 11.9 Å². The number of nitrogens with two attached hydrogens (primary N) is 1. The Labute approximate surface area is 131 Å². The largest absolute Gasteiger partial charge is 0.489 e. The number of nitrogens with zero attached hydrogens (tertiary/aromatic N) is 2. The Balaban J connectivity index is 0.000000735. The maximum absolute atomic E-state index is 6.13. The molecule has 3 aliphatic carbocycles. The van der Waals surface area contributed by atoms with E-state index in [1.165, 1.54) is 19.3 Å². The molecule has 3 saturated carbocycles. The molecule has 4 fully saturated rings. The van der Waals surface area contributed by atoms with Crippen LogP contribution in [0.2, 0.25) is 0 Å². The highest BCUT2D eigenvalue weighted by Gasteiger charge is 2.68. The number of likely N-dealkylation sites (tertiary alicyclic amines) is 1. The number of pyridine rings is 1. The summed E-state index contributed by atoms with van der Waals surface area (Å²) >= 11 is 0. The second-order valence-electron chi connectivity index (χ2n) is 6.27. The molecule has 6 heteroatoms. The lowest BCUT2D eigenvalue weighted by Gasteiger charge is -2.72. The summed E-state index contributed by atoms with van der Waals surface area (Å²) < 4.78 is 6.00. The van der Waals surface area contributed by atoms with Crippen LogP contribution in [0.3, 0.4) is 0 Å². The summed E-state index contributed by atoms with van der Waals surface area (Å²) in [6.45, 7) is 2.21. The zero-order valence-electron chi connectivity index (χ0n) is 11.3. The lowest BCUT2D eigenvalue weighted by atomic mass is 9.44. The van der Waals surface area contributed by atoms with Crippen LogP contribution in [0.15, 0.2) is 24.5 Å². The molecule has 2 N–H and O–H groups in total. The smallest absolute Gasteiger partial charge is 0.122 e. The highest BCUT2D eigenvalue weighted by Crippen LogP contribution is 2.62. The SMILES string of the molecule is Cl.Cl.NC12CC(N3CCC(Oc4ccncc4)C3)(C1)C2. The van der Waals surface area contributed by atoms with Gasteiger partial charge < -0.3 is 10.5 Å². The predicted octanol–water partition coefficient (Wildman–Crippen LogP) is 2.01. The van der Waals surface area contributed by atoms with Gasteiger partial charge in [-0.05, 0) is 37.8 Å². The molecule has 4 aliphatic rings. The van der Waals surface area contributed by atoms with Crippen molar-refractivity contribution < 1.29 is 4.74 Å². The molecule has 5 rings (SSSR count). The van der Waals surface area contributed by atoms with E-state index in [0.29, 0.717) is 11.6 Å². The quantitative estimate of drug-likeness (QED) is 0.926. The Morgan fingerprint density at radius 3 is 2.45 bits per heavy atom. The van der Waals surface area contributed by atoms with Gasteiger partial charge in [-0.3, -0.25) is 9.88 Å². The van der Waals surface area contributed by atoms with Gasteiger partial charge in [0.2, 0.25) is 0 Å². The van der Waals surface area contributed by atoms with Crippen molar-refractivity contribution in [3.05, 3.63) is 24.5 Å². The van der Waals surface area contributed by atoms with Gasteiger partial charge in [0.25, 0.3) is 0 Å². The molecule has 112 valence electrons. The van der Waals surface area contributed by atoms with Crippen LogP contribution in [0.1, 0.15) is 25.7 Å². The number of hydrogen-bond donors (Lipinski definition) is 1. The first-order valence-corrected chi connectivity index (χ1v) is 6.78. The number of rotatable bonds is 3. The summed E-state index contributed by atoms with van der Waals surface area (Å²) in [4.78, 5) is 6.61. The van der Waals surface area contributed by atoms with E-state index >= 15 is 0 Å². The molecule has 1 aromatic heterocycles. The molecule has 20 heavy (non-hydrogen) atoms. The molecular formula is C14H21Cl2N3O. The van der Waals surface area contributed by atoms with Crippen molar-refractivity contribution in [3.8, 4) is 5.75 Å². The van der Waals surface area contributed by atoms with Gasteiger partial charge in [0.15, 0.2) is 0 Å². The van der Waals surface area contributed by atoms with E-state index in [1.807, 2.05) is 12.1 Å². The first kappa shape index (κ1) is 15.8. The zero-order chi connectivity index (χ0) is 12.2. The summed E-state index contributed by atoms with van der Waals surface area (Å²) in [5.74, 6) is 0.935. The number of ether oxygens (including phenoxy) is 1. The fourth-order valence-electron chi connectivity index (χ4n) is 4.01. The van der Waals surface area contributed by atoms with E-state index < -0.39 is 0 Å².